The molecule has 0 atom stereocenters. The molecule has 2 aromatic rings. The van der Waals surface area contributed by atoms with Gasteiger partial charge in [0.15, 0.2) is 0 Å². The minimum atomic E-state index is -0.289. The SMILES string of the molecule is O=C(CC1CCNCC1)NCc1ccc(Oc2ccc(F)cc2)cc1. The van der Waals surface area contributed by atoms with Crippen LogP contribution in [0.4, 0.5) is 4.39 Å². The Bertz CT molecular complexity index is 680. The number of hydrogen-bond acceptors (Lipinski definition) is 3. The summed E-state index contributed by atoms with van der Waals surface area (Å²) in [5.41, 5.74) is 1.02. The first-order valence-corrected chi connectivity index (χ1v) is 8.69. The summed E-state index contributed by atoms with van der Waals surface area (Å²) in [5.74, 6) is 1.58. The molecule has 3 rings (SSSR count). The molecule has 2 N–H and O–H groups in total. The highest BCUT2D eigenvalue weighted by Gasteiger charge is 2.16. The van der Waals surface area contributed by atoms with Gasteiger partial charge in [-0.3, -0.25) is 4.79 Å². The summed E-state index contributed by atoms with van der Waals surface area (Å²) in [6.45, 7) is 2.53. The molecule has 5 heteroatoms. The Balaban J connectivity index is 1.45. The van der Waals surface area contributed by atoms with Gasteiger partial charge in [-0.25, -0.2) is 4.39 Å². The summed E-state index contributed by atoms with van der Waals surface area (Å²) >= 11 is 0. The molecule has 2 aromatic carbocycles. The average Bonchev–Trinajstić information content (AvgIpc) is 2.64. The van der Waals surface area contributed by atoms with Gasteiger partial charge in [-0.2, -0.15) is 0 Å². The van der Waals surface area contributed by atoms with Crippen LogP contribution in [0.2, 0.25) is 0 Å². The van der Waals surface area contributed by atoms with Gasteiger partial charge in [-0.1, -0.05) is 12.1 Å². The first-order chi connectivity index (χ1) is 12.2. The van der Waals surface area contributed by atoms with Crippen molar-refractivity contribution in [2.75, 3.05) is 13.1 Å². The van der Waals surface area contributed by atoms with Crippen molar-refractivity contribution >= 4 is 5.91 Å². The van der Waals surface area contributed by atoms with Crippen LogP contribution >= 0.6 is 0 Å². The lowest BCUT2D eigenvalue weighted by atomic mass is 9.94. The lowest BCUT2D eigenvalue weighted by Crippen LogP contribution is -2.32. The van der Waals surface area contributed by atoms with Gasteiger partial charge in [-0.15, -0.1) is 0 Å². The molecule has 25 heavy (non-hydrogen) atoms. The smallest absolute Gasteiger partial charge is 0.220 e. The Kier molecular flexibility index (Phi) is 6.01. The van der Waals surface area contributed by atoms with Crippen LogP contribution in [-0.2, 0) is 11.3 Å². The molecule has 1 aliphatic rings. The quantitative estimate of drug-likeness (QED) is 0.843. The fraction of sp³-hybridized carbons (Fsp3) is 0.350. The topological polar surface area (TPSA) is 50.4 Å². The Morgan fingerprint density at radius 3 is 2.28 bits per heavy atom. The van der Waals surface area contributed by atoms with E-state index in [-0.39, 0.29) is 11.7 Å². The van der Waals surface area contributed by atoms with Gasteiger partial charge in [-0.05, 0) is 73.8 Å². The molecule has 0 saturated carbocycles. The predicted molar refractivity (Wildman–Crippen MR) is 95.0 cm³/mol. The summed E-state index contributed by atoms with van der Waals surface area (Å²) < 4.78 is 18.5. The highest BCUT2D eigenvalue weighted by atomic mass is 19.1. The van der Waals surface area contributed by atoms with Crippen LogP contribution in [0.25, 0.3) is 0 Å². The first-order valence-electron chi connectivity index (χ1n) is 8.69. The van der Waals surface area contributed by atoms with Gasteiger partial charge in [0.2, 0.25) is 5.91 Å². The molecule has 4 nitrogen and oxygen atoms in total. The van der Waals surface area contributed by atoms with Crippen molar-refractivity contribution in [3.63, 3.8) is 0 Å². The summed E-state index contributed by atoms with van der Waals surface area (Å²) in [4.78, 5) is 12.0. The van der Waals surface area contributed by atoms with E-state index in [4.69, 9.17) is 4.74 Å². The van der Waals surface area contributed by atoms with Gasteiger partial charge < -0.3 is 15.4 Å². The van der Waals surface area contributed by atoms with Gasteiger partial charge in [0.1, 0.15) is 17.3 Å². The molecular weight excluding hydrogens is 319 g/mol. The Hall–Kier alpha value is -2.40. The number of ether oxygens (including phenoxy) is 1. The normalized spacial score (nSPS) is 14.9. The third-order valence-corrected chi connectivity index (χ3v) is 4.40. The molecule has 1 heterocycles. The summed E-state index contributed by atoms with van der Waals surface area (Å²) in [6, 6.07) is 13.4. The van der Waals surface area contributed by atoms with Gasteiger partial charge in [0, 0.05) is 13.0 Å². The second-order valence-corrected chi connectivity index (χ2v) is 6.37. The Labute approximate surface area is 147 Å². The zero-order valence-electron chi connectivity index (χ0n) is 14.1. The van der Waals surface area contributed by atoms with Crippen molar-refractivity contribution in [2.45, 2.75) is 25.8 Å². The molecule has 1 aliphatic heterocycles. The molecule has 1 saturated heterocycles. The van der Waals surface area contributed by atoms with Crippen LogP contribution in [0.3, 0.4) is 0 Å². The zero-order valence-corrected chi connectivity index (χ0v) is 14.1. The first kappa shape index (κ1) is 17.4. The number of carbonyl (C=O) groups is 1. The molecule has 0 spiro atoms. The van der Waals surface area contributed by atoms with E-state index < -0.39 is 0 Å². The molecule has 0 bridgehead atoms. The van der Waals surface area contributed by atoms with E-state index in [1.165, 1.54) is 12.1 Å². The molecule has 0 unspecified atom stereocenters. The van der Waals surface area contributed by atoms with E-state index in [0.29, 0.717) is 30.4 Å². The standard InChI is InChI=1S/C20H23FN2O2/c21-17-3-7-19(8-4-17)25-18-5-1-16(2-6-18)14-23-20(24)13-15-9-11-22-12-10-15/h1-8,15,22H,9-14H2,(H,23,24). The number of halogens is 1. The van der Waals surface area contributed by atoms with Gasteiger partial charge >= 0.3 is 0 Å². The van der Waals surface area contributed by atoms with Crippen molar-refractivity contribution in [1.29, 1.82) is 0 Å². The maximum atomic E-state index is 12.9. The molecule has 1 amide bonds. The van der Waals surface area contributed by atoms with Crippen molar-refractivity contribution in [1.82, 2.24) is 10.6 Å². The number of piperidine rings is 1. The zero-order chi connectivity index (χ0) is 17.5. The van der Waals surface area contributed by atoms with Crippen LogP contribution in [-0.4, -0.2) is 19.0 Å². The summed E-state index contributed by atoms with van der Waals surface area (Å²) in [7, 11) is 0. The maximum absolute atomic E-state index is 12.9. The van der Waals surface area contributed by atoms with E-state index in [9.17, 15) is 9.18 Å². The van der Waals surface area contributed by atoms with Crippen LogP contribution in [0.5, 0.6) is 11.5 Å². The lowest BCUT2D eigenvalue weighted by molar-refractivity contribution is -0.122. The fourth-order valence-electron chi connectivity index (χ4n) is 2.93. The lowest BCUT2D eigenvalue weighted by Gasteiger charge is -2.21. The van der Waals surface area contributed by atoms with Crippen LogP contribution in [0.1, 0.15) is 24.8 Å². The second kappa shape index (κ2) is 8.62. The Morgan fingerprint density at radius 2 is 1.64 bits per heavy atom. The summed E-state index contributed by atoms with van der Waals surface area (Å²) in [6.07, 6.45) is 2.75. The number of nitrogens with one attached hydrogen (secondary N) is 2. The fourth-order valence-corrected chi connectivity index (χ4v) is 2.93. The Morgan fingerprint density at radius 1 is 1.04 bits per heavy atom. The van der Waals surface area contributed by atoms with Crippen molar-refractivity contribution in [3.8, 4) is 11.5 Å². The van der Waals surface area contributed by atoms with E-state index in [1.807, 2.05) is 24.3 Å². The number of benzene rings is 2. The minimum Gasteiger partial charge on any atom is -0.457 e. The van der Waals surface area contributed by atoms with E-state index in [0.717, 1.165) is 31.5 Å². The molecular formula is C20H23FN2O2. The molecule has 0 radical (unpaired) electrons. The number of amides is 1. The predicted octanol–water partition coefficient (Wildman–Crippen LogP) is 3.62. The van der Waals surface area contributed by atoms with E-state index >= 15 is 0 Å². The minimum absolute atomic E-state index is 0.110. The van der Waals surface area contributed by atoms with Crippen molar-refractivity contribution in [3.05, 3.63) is 59.9 Å². The van der Waals surface area contributed by atoms with Gasteiger partial charge in [0.05, 0.1) is 0 Å². The van der Waals surface area contributed by atoms with Crippen LogP contribution in [0, 0.1) is 11.7 Å². The largest absolute Gasteiger partial charge is 0.457 e. The second-order valence-electron chi connectivity index (χ2n) is 6.37. The molecule has 0 aromatic heterocycles. The summed E-state index contributed by atoms with van der Waals surface area (Å²) in [5, 5.41) is 6.29. The van der Waals surface area contributed by atoms with E-state index in [1.54, 1.807) is 12.1 Å². The third-order valence-electron chi connectivity index (χ3n) is 4.40. The number of hydrogen-bond donors (Lipinski definition) is 2. The molecule has 0 aliphatic carbocycles. The van der Waals surface area contributed by atoms with E-state index in [2.05, 4.69) is 10.6 Å². The van der Waals surface area contributed by atoms with Crippen LogP contribution < -0.4 is 15.4 Å². The monoisotopic (exact) mass is 342 g/mol. The average molecular weight is 342 g/mol. The molecule has 1 fully saturated rings. The van der Waals surface area contributed by atoms with Crippen LogP contribution in [0.15, 0.2) is 48.5 Å². The highest BCUT2D eigenvalue weighted by Crippen LogP contribution is 2.22. The van der Waals surface area contributed by atoms with Crippen molar-refractivity contribution < 1.29 is 13.9 Å². The maximum Gasteiger partial charge on any atom is 0.220 e. The third kappa shape index (κ3) is 5.57. The number of rotatable bonds is 6. The van der Waals surface area contributed by atoms with Gasteiger partial charge in [0.25, 0.3) is 0 Å². The molecule has 132 valence electrons. The highest BCUT2D eigenvalue weighted by molar-refractivity contribution is 5.76. The van der Waals surface area contributed by atoms with Crippen molar-refractivity contribution in [2.24, 2.45) is 5.92 Å². The number of carbonyl (C=O) groups excluding carboxylic acids is 1.